The van der Waals surface area contributed by atoms with Crippen molar-refractivity contribution in [3.8, 4) is 0 Å². The van der Waals surface area contributed by atoms with Crippen molar-refractivity contribution in [1.82, 2.24) is 15.5 Å². The molecule has 1 aromatic rings. The van der Waals surface area contributed by atoms with Gasteiger partial charge in [0, 0.05) is 19.2 Å². The number of anilines is 1. The minimum Gasteiger partial charge on any atom is -0.407 e. The van der Waals surface area contributed by atoms with E-state index in [1.165, 1.54) is 12.8 Å². The third-order valence-corrected chi connectivity index (χ3v) is 2.58. The number of nitrogens with zero attached hydrogens (tertiary/aromatic N) is 2. The lowest BCUT2D eigenvalue weighted by Crippen LogP contribution is -2.19. The molecule has 0 saturated heterocycles. The Kier molecular flexibility index (Phi) is 4.33. The molecule has 1 saturated carbocycles. The maximum Gasteiger partial charge on any atom is 0.315 e. The minimum absolute atomic E-state index is 0.139. The van der Waals surface area contributed by atoms with Crippen LogP contribution < -0.4 is 10.6 Å². The molecule has 1 aromatic heterocycles. The Morgan fingerprint density at radius 2 is 2.29 bits per heavy atom. The molecule has 0 aromatic carbocycles. The first-order valence-electron chi connectivity index (χ1n) is 6.19. The van der Waals surface area contributed by atoms with Crippen molar-refractivity contribution in [3.05, 3.63) is 5.89 Å². The lowest BCUT2D eigenvalue weighted by molar-refractivity contribution is 0.0851. The lowest BCUT2D eigenvalue weighted by atomic mass is 10.4. The highest BCUT2D eigenvalue weighted by molar-refractivity contribution is 5.16. The Morgan fingerprint density at radius 1 is 1.47 bits per heavy atom. The molecule has 0 radical (unpaired) electrons. The Labute approximate surface area is 101 Å². The second-order valence-corrected chi connectivity index (χ2v) is 4.30. The zero-order chi connectivity index (χ0) is 12.1. The van der Waals surface area contributed by atoms with E-state index in [0.29, 0.717) is 37.6 Å². The van der Waals surface area contributed by atoms with Gasteiger partial charge < -0.3 is 19.8 Å². The number of aromatic nitrogens is 2. The number of nitrogens with one attached hydrogen (secondary N) is 2. The summed E-state index contributed by atoms with van der Waals surface area (Å²) in [6, 6.07) is 1.11. The molecule has 1 unspecified atom stereocenters. The van der Waals surface area contributed by atoms with Gasteiger partial charge in [0.15, 0.2) is 0 Å². The van der Waals surface area contributed by atoms with Crippen molar-refractivity contribution in [2.24, 2.45) is 0 Å². The fourth-order valence-corrected chi connectivity index (χ4v) is 1.49. The molecule has 2 N–H and O–H groups in total. The van der Waals surface area contributed by atoms with Crippen LogP contribution in [0.15, 0.2) is 4.42 Å². The van der Waals surface area contributed by atoms with E-state index in [1.807, 2.05) is 13.8 Å². The van der Waals surface area contributed by atoms with Gasteiger partial charge in [-0.2, -0.15) is 0 Å². The van der Waals surface area contributed by atoms with Crippen LogP contribution in [0.1, 0.15) is 32.6 Å². The quantitative estimate of drug-likeness (QED) is 0.710. The molecule has 1 atom stereocenters. The molecule has 1 aliphatic rings. The Morgan fingerprint density at radius 3 is 3.00 bits per heavy atom. The van der Waals surface area contributed by atoms with Crippen LogP contribution in [0.5, 0.6) is 0 Å². The molecule has 0 aliphatic heterocycles. The first-order chi connectivity index (χ1) is 8.28. The van der Waals surface area contributed by atoms with E-state index in [1.54, 1.807) is 0 Å². The summed E-state index contributed by atoms with van der Waals surface area (Å²) in [6.07, 6.45) is 2.65. The van der Waals surface area contributed by atoms with Crippen molar-refractivity contribution in [2.75, 3.05) is 18.5 Å². The summed E-state index contributed by atoms with van der Waals surface area (Å²) in [6.45, 7) is 6.02. The largest absolute Gasteiger partial charge is 0.407 e. The lowest BCUT2D eigenvalue weighted by Gasteiger charge is -2.10. The predicted octanol–water partition coefficient (Wildman–Crippen LogP) is 1.16. The van der Waals surface area contributed by atoms with E-state index in [2.05, 4.69) is 20.8 Å². The zero-order valence-corrected chi connectivity index (χ0v) is 10.4. The first-order valence-corrected chi connectivity index (χ1v) is 6.19. The van der Waals surface area contributed by atoms with E-state index < -0.39 is 0 Å². The zero-order valence-electron chi connectivity index (χ0n) is 10.4. The third-order valence-electron chi connectivity index (χ3n) is 2.58. The molecule has 2 rings (SSSR count). The van der Waals surface area contributed by atoms with Crippen LogP contribution >= 0.6 is 0 Å². The SMILES string of the molecule is CCOC(C)CNc1nnc(CNC2CC2)o1. The average Bonchev–Trinajstić information content (AvgIpc) is 3.03. The van der Waals surface area contributed by atoms with Gasteiger partial charge in [0.25, 0.3) is 0 Å². The van der Waals surface area contributed by atoms with Crippen molar-refractivity contribution >= 4 is 6.01 Å². The molecule has 1 aliphatic carbocycles. The molecule has 0 bridgehead atoms. The van der Waals surface area contributed by atoms with Crippen LogP contribution in [0.4, 0.5) is 6.01 Å². The van der Waals surface area contributed by atoms with Crippen molar-refractivity contribution in [2.45, 2.75) is 45.4 Å². The topological polar surface area (TPSA) is 72.2 Å². The van der Waals surface area contributed by atoms with Gasteiger partial charge in [-0.25, -0.2) is 0 Å². The highest BCUT2D eigenvalue weighted by atomic mass is 16.5. The van der Waals surface area contributed by atoms with Gasteiger partial charge in [0.2, 0.25) is 5.89 Å². The molecule has 6 nitrogen and oxygen atoms in total. The van der Waals surface area contributed by atoms with Gasteiger partial charge in [0.1, 0.15) is 0 Å². The van der Waals surface area contributed by atoms with Gasteiger partial charge in [0.05, 0.1) is 12.6 Å². The van der Waals surface area contributed by atoms with Gasteiger partial charge in [-0.15, -0.1) is 5.10 Å². The van der Waals surface area contributed by atoms with E-state index in [4.69, 9.17) is 9.15 Å². The first kappa shape index (κ1) is 12.3. The Balaban J connectivity index is 1.69. The molecular weight excluding hydrogens is 220 g/mol. The van der Waals surface area contributed by atoms with Crippen LogP contribution in [-0.2, 0) is 11.3 Å². The standard InChI is InChI=1S/C11H20N4O2/c1-3-16-8(2)6-13-11-15-14-10(17-11)7-12-9-4-5-9/h8-9,12H,3-7H2,1-2H3,(H,13,15). The van der Waals surface area contributed by atoms with Gasteiger partial charge >= 0.3 is 6.01 Å². The summed E-state index contributed by atoms with van der Waals surface area (Å²) in [7, 11) is 0. The van der Waals surface area contributed by atoms with Gasteiger partial charge in [-0.1, -0.05) is 5.10 Å². The normalized spacial score (nSPS) is 17.1. The van der Waals surface area contributed by atoms with Gasteiger partial charge in [-0.3, -0.25) is 0 Å². The molecule has 0 spiro atoms. The fraction of sp³-hybridized carbons (Fsp3) is 0.818. The number of hydrogen-bond acceptors (Lipinski definition) is 6. The van der Waals surface area contributed by atoms with E-state index in [9.17, 15) is 0 Å². The smallest absolute Gasteiger partial charge is 0.315 e. The van der Waals surface area contributed by atoms with Crippen LogP contribution in [0.25, 0.3) is 0 Å². The van der Waals surface area contributed by atoms with Gasteiger partial charge in [-0.05, 0) is 26.7 Å². The van der Waals surface area contributed by atoms with Crippen LogP contribution in [0.2, 0.25) is 0 Å². The summed E-state index contributed by atoms with van der Waals surface area (Å²) >= 11 is 0. The Hall–Kier alpha value is -1.14. The summed E-state index contributed by atoms with van der Waals surface area (Å²) in [5.74, 6) is 0.628. The molecule has 96 valence electrons. The molecular formula is C11H20N4O2. The number of rotatable bonds is 8. The summed E-state index contributed by atoms with van der Waals surface area (Å²) in [5, 5.41) is 14.3. The second kappa shape index (κ2) is 5.97. The third kappa shape index (κ3) is 4.32. The molecule has 6 heteroatoms. The monoisotopic (exact) mass is 240 g/mol. The van der Waals surface area contributed by atoms with Crippen LogP contribution in [-0.4, -0.2) is 35.5 Å². The summed E-state index contributed by atoms with van der Waals surface area (Å²) < 4.78 is 10.8. The number of hydrogen-bond donors (Lipinski definition) is 2. The van der Waals surface area contributed by atoms with Crippen molar-refractivity contribution < 1.29 is 9.15 Å². The molecule has 1 heterocycles. The van der Waals surface area contributed by atoms with Crippen LogP contribution in [0, 0.1) is 0 Å². The maximum absolute atomic E-state index is 5.44. The molecule has 17 heavy (non-hydrogen) atoms. The number of ether oxygens (including phenoxy) is 1. The summed E-state index contributed by atoms with van der Waals surface area (Å²) in [4.78, 5) is 0. The second-order valence-electron chi connectivity index (χ2n) is 4.30. The minimum atomic E-state index is 0.139. The van der Waals surface area contributed by atoms with Crippen molar-refractivity contribution in [1.29, 1.82) is 0 Å². The fourth-order valence-electron chi connectivity index (χ4n) is 1.49. The van der Waals surface area contributed by atoms with E-state index >= 15 is 0 Å². The highest BCUT2D eigenvalue weighted by Gasteiger charge is 2.21. The highest BCUT2D eigenvalue weighted by Crippen LogP contribution is 2.19. The van der Waals surface area contributed by atoms with Crippen molar-refractivity contribution in [3.63, 3.8) is 0 Å². The molecule has 1 fully saturated rings. The summed E-state index contributed by atoms with van der Waals surface area (Å²) in [5.41, 5.74) is 0. The van der Waals surface area contributed by atoms with Crippen LogP contribution in [0.3, 0.4) is 0 Å². The molecule has 0 amide bonds. The van der Waals surface area contributed by atoms with E-state index in [0.717, 1.165) is 0 Å². The predicted molar refractivity (Wildman–Crippen MR) is 63.7 cm³/mol. The van der Waals surface area contributed by atoms with E-state index in [-0.39, 0.29) is 6.10 Å². The Bertz CT molecular complexity index is 338. The average molecular weight is 240 g/mol. The maximum atomic E-state index is 5.44.